The highest BCUT2D eigenvalue weighted by Crippen LogP contribution is 2.43. The molecule has 1 atom stereocenters. The molecule has 0 spiro atoms. The van der Waals surface area contributed by atoms with Gasteiger partial charge >= 0.3 is 11.6 Å². The van der Waals surface area contributed by atoms with Crippen molar-refractivity contribution in [2.45, 2.75) is 5.92 Å². The van der Waals surface area contributed by atoms with Crippen molar-refractivity contribution >= 4 is 16.9 Å². The Labute approximate surface area is 180 Å². The first kappa shape index (κ1) is 19.2. The van der Waals surface area contributed by atoms with Gasteiger partial charge in [0.05, 0.1) is 12.2 Å². The Morgan fingerprint density at radius 2 is 1.94 bits per heavy atom. The van der Waals surface area contributed by atoms with Crippen LogP contribution in [0.15, 0.2) is 92.0 Å². The Morgan fingerprint density at radius 3 is 2.72 bits per heavy atom. The third-order valence-electron chi connectivity index (χ3n) is 5.09. The molecule has 4 aromatic rings. The molecule has 8 nitrogen and oxygen atoms in total. The van der Waals surface area contributed by atoms with Crippen LogP contribution in [-0.4, -0.2) is 5.97 Å². The molecule has 0 bridgehead atoms. The first-order valence-electron chi connectivity index (χ1n) is 9.55. The van der Waals surface area contributed by atoms with Gasteiger partial charge in [-0.1, -0.05) is 24.3 Å². The minimum absolute atomic E-state index is 0.0694. The van der Waals surface area contributed by atoms with Crippen molar-refractivity contribution in [1.82, 2.24) is 0 Å². The van der Waals surface area contributed by atoms with Crippen LogP contribution in [-0.2, 0) is 0 Å². The van der Waals surface area contributed by atoms with Gasteiger partial charge in [0.2, 0.25) is 5.88 Å². The van der Waals surface area contributed by atoms with Crippen LogP contribution in [0.2, 0.25) is 0 Å². The number of esters is 1. The average molecular weight is 426 g/mol. The molecule has 0 amide bonds. The minimum Gasteiger partial charge on any atom is -0.468 e. The zero-order valence-electron chi connectivity index (χ0n) is 16.4. The van der Waals surface area contributed by atoms with Crippen LogP contribution in [0.4, 0.5) is 0 Å². The number of fused-ring (bicyclic) bond motifs is 2. The lowest BCUT2D eigenvalue weighted by Gasteiger charge is -2.25. The summed E-state index contributed by atoms with van der Waals surface area (Å²) in [4.78, 5) is 24.9. The Bertz CT molecular complexity index is 1490. The van der Waals surface area contributed by atoms with Crippen LogP contribution in [0, 0.1) is 11.3 Å². The van der Waals surface area contributed by atoms with Gasteiger partial charge in [-0.25, -0.2) is 9.59 Å². The van der Waals surface area contributed by atoms with Gasteiger partial charge < -0.3 is 24.0 Å². The summed E-state index contributed by atoms with van der Waals surface area (Å²) < 4.78 is 21.7. The van der Waals surface area contributed by atoms with E-state index in [2.05, 4.69) is 6.07 Å². The zero-order chi connectivity index (χ0) is 22.2. The highest BCUT2D eigenvalue weighted by molar-refractivity contribution is 5.94. The molecule has 2 N–H and O–H groups in total. The lowest BCUT2D eigenvalue weighted by Crippen LogP contribution is -2.21. The molecule has 32 heavy (non-hydrogen) atoms. The van der Waals surface area contributed by atoms with Crippen molar-refractivity contribution in [2.24, 2.45) is 5.73 Å². The molecule has 2 aromatic carbocycles. The molecule has 0 saturated heterocycles. The van der Waals surface area contributed by atoms with Crippen molar-refractivity contribution in [1.29, 1.82) is 5.26 Å². The van der Waals surface area contributed by atoms with E-state index in [4.69, 9.17) is 24.0 Å². The summed E-state index contributed by atoms with van der Waals surface area (Å²) >= 11 is 0. The molecule has 1 aliphatic rings. The number of carbonyl (C=O) groups is 1. The third kappa shape index (κ3) is 3.18. The summed E-state index contributed by atoms with van der Waals surface area (Å²) in [6.07, 6.45) is 1.50. The summed E-state index contributed by atoms with van der Waals surface area (Å²) in [6, 6.07) is 18.4. The fourth-order valence-electron chi connectivity index (χ4n) is 3.61. The van der Waals surface area contributed by atoms with Crippen LogP contribution in [0.5, 0.6) is 11.5 Å². The van der Waals surface area contributed by atoms with E-state index in [-0.39, 0.29) is 22.8 Å². The molecule has 156 valence electrons. The number of hydrogen-bond donors (Lipinski definition) is 1. The molecule has 1 unspecified atom stereocenters. The Hall–Kier alpha value is -4.77. The predicted octanol–water partition coefficient (Wildman–Crippen LogP) is 3.82. The van der Waals surface area contributed by atoms with E-state index < -0.39 is 17.5 Å². The van der Waals surface area contributed by atoms with E-state index in [0.29, 0.717) is 28.0 Å². The van der Waals surface area contributed by atoms with E-state index in [1.165, 1.54) is 24.5 Å². The molecule has 8 heteroatoms. The van der Waals surface area contributed by atoms with Crippen LogP contribution < -0.4 is 20.8 Å². The molecule has 0 saturated carbocycles. The van der Waals surface area contributed by atoms with Crippen molar-refractivity contribution in [3.8, 4) is 17.6 Å². The number of carbonyl (C=O) groups excluding carboxylic acids is 1. The standard InChI is InChI=1S/C24H14N2O6/c25-12-17-21(19-6-3-9-29-19)15-8-7-14(11-20(15)31-22(17)26)30-23(27)16-10-13-4-1-2-5-18(13)32-24(16)28/h1-11,21H,26H2. The summed E-state index contributed by atoms with van der Waals surface area (Å²) in [6.45, 7) is 0. The largest absolute Gasteiger partial charge is 0.468 e. The third-order valence-corrected chi connectivity index (χ3v) is 5.09. The number of allylic oxidation sites excluding steroid dienone is 1. The van der Waals surface area contributed by atoms with Gasteiger partial charge in [-0.2, -0.15) is 5.26 Å². The van der Waals surface area contributed by atoms with Crippen LogP contribution in [0.1, 0.15) is 27.6 Å². The van der Waals surface area contributed by atoms with Crippen LogP contribution >= 0.6 is 0 Å². The number of rotatable bonds is 3. The Balaban J connectivity index is 1.49. The van der Waals surface area contributed by atoms with Crippen LogP contribution in [0.25, 0.3) is 11.0 Å². The highest BCUT2D eigenvalue weighted by Gasteiger charge is 2.33. The average Bonchev–Trinajstić information content (AvgIpc) is 3.32. The second-order valence-electron chi connectivity index (χ2n) is 7.01. The molecular formula is C24H14N2O6. The monoisotopic (exact) mass is 426 g/mol. The van der Waals surface area contributed by atoms with E-state index in [9.17, 15) is 14.9 Å². The molecular weight excluding hydrogens is 412 g/mol. The van der Waals surface area contributed by atoms with E-state index >= 15 is 0 Å². The predicted molar refractivity (Wildman–Crippen MR) is 112 cm³/mol. The smallest absolute Gasteiger partial charge is 0.351 e. The number of nitriles is 1. The number of nitrogens with two attached hydrogens (primary N) is 1. The van der Waals surface area contributed by atoms with Gasteiger partial charge in [0.1, 0.15) is 40.0 Å². The summed E-state index contributed by atoms with van der Waals surface area (Å²) in [5, 5.41) is 10.1. The number of para-hydroxylation sites is 1. The normalized spacial score (nSPS) is 15.0. The second-order valence-corrected chi connectivity index (χ2v) is 7.01. The molecule has 3 heterocycles. The second kappa shape index (κ2) is 7.49. The van der Waals surface area contributed by atoms with E-state index in [1.54, 1.807) is 42.5 Å². The number of benzene rings is 2. The maximum Gasteiger partial charge on any atom is 0.351 e. The summed E-state index contributed by atoms with van der Waals surface area (Å²) in [7, 11) is 0. The summed E-state index contributed by atoms with van der Waals surface area (Å²) in [5.74, 6) is -0.542. The van der Waals surface area contributed by atoms with Gasteiger partial charge in [-0.3, -0.25) is 0 Å². The Kier molecular flexibility index (Phi) is 4.49. The molecule has 0 fully saturated rings. The molecule has 5 rings (SSSR count). The lowest BCUT2D eigenvalue weighted by atomic mass is 9.87. The first-order valence-corrected chi connectivity index (χ1v) is 9.55. The van der Waals surface area contributed by atoms with Gasteiger partial charge in [-0.15, -0.1) is 0 Å². The highest BCUT2D eigenvalue weighted by atomic mass is 16.5. The van der Waals surface area contributed by atoms with E-state index in [0.717, 1.165) is 0 Å². The van der Waals surface area contributed by atoms with Gasteiger partial charge in [0.15, 0.2) is 0 Å². The molecule has 0 radical (unpaired) electrons. The molecule has 2 aromatic heterocycles. The SMILES string of the molecule is N#CC1=C(N)Oc2cc(OC(=O)c3cc4ccccc4oc3=O)ccc2C1c1ccco1. The fraction of sp³-hybridized carbons (Fsp3) is 0.0417. The number of ether oxygens (including phenoxy) is 2. The van der Waals surface area contributed by atoms with Crippen molar-refractivity contribution in [3.63, 3.8) is 0 Å². The maximum atomic E-state index is 12.6. The van der Waals surface area contributed by atoms with Crippen molar-refractivity contribution < 1.29 is 23.1 Å². The zero-order valence-corrected chi connectivity index (χ0v) is 16.4. The van der Waals surface area contributed by atoms with Gasteiger partial charge in [0.25, 0.3) is 0 Å². The number of nitrogens with zero attached hydrogens (tertiary/aromatic N) is 1. The number of furan rings is 1. The van der Waals surface area contributed by atoms with Crippen LogP contribution in [0.3, 0.4) is 0 Å². The molecule has 0 aliphatic carbocycles. The minimum atomic E-state index is -0.871. The first-order chi connectivity index (χ1) is 15.5. The van der Waals surface area contributed by atoms with Gasteiger partial charge in [-0.05, 0) is 30.3 Å². The number of hydrogen-bond acceptors (Lipinski definition) is 8. The van der Waals surface area contributed by atoms with Crippen molar-refractivity contribution in [3.05, 3.63) is 106 Å². The fourth-order valence-corrected chi connectivity index (χ4v) is 3.61. The quantitative estimate of drug-likeness (QED) is 0.297. The van der Waals surface area contributed by atoms with E-state index in [1.807, 2.05) is 0 Å². The van der Waals surface area contributed by atoms with Crippen molar-refractivity contribution in [2.75, 3.05) is 0 Å². The van der Waals surface area contributed by atoms with Gasteiger partial charge in [0, 0.05) is 17.0 Å². The lowest BCUT2D eigenvalue weighted by molar-refractivity contribution is 0.0730. The topological polar surface area (TPSA) is 129 Å². The summed E-state index contributed by atoms with van der Waals surface area (Å²) in [5.41, 5.74) is 6.12. The molecule has 1 aliphatic heterocycles. The Morgan fingerprint density at radius 1 is 1.09 bits per heavy atom. The maximum absolute atomic E-state index is 12.6.